The molecule has 3 N–H and O–H groups in total. The summed E-state index contributed by atoms with van der Waals surface area (Å²) in [5, 5.41) is 12.4. The summed E-state index contributed by atoms with van der Waals surface area (Å²) in [5.74, 6) is -1.18. The molecule has 2 atom stereocenters. The molecule has 216 valence electrons. The number of H-pyrrole nitrogens is 1. The van der Waals surface area contributed by atoms with Gasteiger partial charge in [0.2, 0.25) is 0 Å². The van der Waals surface area contributed by atoms with Crippen molar-refractivity contribution in [3.63, 3.8) is 0 Å². The number of ether oxygens (including phenoxy) is 2. The Balaban J connectivity index is 1.38. The van der Waals surface area contributed by atoms with E-state index in [0.29, 0.717) is 18.5 Å². The van der Waals surface area contributed by atoms with Crippen LogP contribution in [0.25, 0.3) is 11.1 Å². The predicted molar refractivity (Wildman–Crippen MR) is 154 cm³/mol. The van der Waals surface area contributed by atoms with Crippen molar-refractivity contribution in [2.45, 2.75) is 76.6 Å². The van der Waals surface area contributed by atoms with Crippen LogP contribution < -0.4 is 5.32 Å². The summed E-state index contributed by atoms with van der Waals surface area (Å²) in [6.45, 7) is 5.68. The standard InChI is InChI=1S/C32H37N3O6/c1-32(2,3)41-30(38)34-26-14-8-9-15-28(26)35(18-20-16-17-27(33-20)29(36)37)31(39)40-19-25-23-12-6-4-10-21(23)22-11-5-7-13-24(22)25/h4-7,10-13,16-17,25-26,28,33H,8-9,14-15,18-19H2,1-3H3,(H,34,38)(H,36,37)/t26-,28-/m1/s1. The third kappa shape index (κ3) is 6.39. The Morgan fingerprint density at radius 2 is 1.59 bits per heavy atom. The summed E-state index contributed by atoms with van der Waals surface area (Å²) in [7, 11) is 0. The predicted octanol–water partition coefficient (Wildman–Crippen LogP) is 6.30. The molecule has 1 heterocycles. The van der Waals surface area contributed by atoms with Gasteiger partial charge in [-0.15, -0.1) is 0 Å². The first-order valence-electron chi connectivity index (χ1n) is 14.1. The topological polar surface area (TPSA) is 121 Å². The minimum atomic E-state index is -1.08. The second kappa shape index (κ2) is 11.7. The van der Waals surface area contributed by atoms with E-state index >= 15 is 0 Å². The van der Waals surface area contributed by atoms with Crippen LogP contribution in [0, 0.1) is 0 Å². The van der Waals surface area contributed by atoms with Crippen LogP contribution >= 0.6 is 0 Å². The van der Waals surface area contributed by atoms with Gasteiger partial charge in [-0.2, -0.15) is 0 Å². The summed E-state index contributed by atoms with van der Waals surface area (Å²) < 4.78 is 11.5. The van der Waals surface area contributed by atoms with Crippen molar-refractivity contribution >= 4 is 18.2 Å². The van der Waals surface area contributed by atoms with Gasteiger partial charge < -0.3 is 24.9 Å². The molecule has 9 heteroatoms. The second-order valence-corrected chi connectivity index (χ2v) is 11.7. The van der Waals surface area contributed by atoms with Gasteiger partial charge in [-0.05, 0) is 68.0 Å². The van der Waals surface area contributed by atoms with E-state index in [1.54, 1.807) is 31.7 Å². The molecule has 2 aliphatic rings. The zero-order valence-electron chi connectivity index (χ0n) is 23.7. The van der Waals surface area contributed by atoms with Crippen LogP contribution in [-0.4, -0.2) is 57.4 Å². The van der Waals surface area contributed by atoms with Crippen LogP contribution in [0.5, 0.6) is 0 Å². The molecule has 0 spiro atoms. The molecule has 5 rings (SSSR count). The lowest BCUT2D eigenvalue weighted by atomic mass is 9.89. The van der Waals surface area contributed by atoms with E-state index in [9.17, 15) is 19.5 Å². The number of benzene rings is 2. The number of rotatable bonds is 7. The molecule has 0 aliphatic heterocycles. The van der Waals surface area contributed by atoms with E-state index < -0.39 is 23.8 Å². The number of carbonyl (C=O) groups is 3. The highest BCUT2D eigenvalue weighted by Gasteiger charge is 2.37. The highest BCUT2D eigenvalue weighted by atomic mass is 16.6. The molecule has 0 unspecified atom stereocenters. The number of fused-ring (bicyclic) bond motifs is 3. The quantitative estimate of drug-likeness (QED) is 0.312. The van der Waals surface area contributed by atoms with Gasteiger partial charge in [0.05, 0.1) is 18.6 Å². The van der Waals surface area contributed by atoms with E-state index in [4.69, 9.17) is 9.47 Å². The fourth-order valence-electron chi connectivity index (χ4n) is 5.95. The average molecular weight is 560 g/mol. The number of nitrogens with zero attached hydrogens (tertiary/aromatic N) is 1. The number of nitrogens with one attached hydrogen (secondary N) is 2. The number of hydrogen-bond acceptors (Lipinski definition) is 5. The van der Waals surface area contributed by atoms with E-state index in [1.165, 1.54) is 6.07 Å². The fraction of sp³-hybridized carbons (Fsp3) is 0.406. The van der Waals surface area contributed by atoms with E-state index in [-0.39, 0.29) is 36.8 Å². The molecule has 0 saturated heterocycles. The Morgan fingerprint density at radius 3 is 2.20 bits per heavy atom. The van der Waals surface area contributed by atoms with Crippen LogP contribution in [-0.2, 0) is 16.0 Å². The number of alkyl carbamates (subject to hydrolysis) is 1. The maximum atomic E-state index is 13.9. The number of carboxylic acid groups (broad SMARTS) is 1. The zero-order valence-corrected chi connectivity index (χ0v) is 23.7. The Hall–Kier alpha value is -4.27. The molecule has 1 aromatic heterocycles. The Labute approximate surface area is 239 Å². The lowest BCUT2D eigenvalue weighted by molar-refractivity contribution is 0.0365. The van der Waals surface area contributed by atoms with Crippen molar-refractivity contribution in [3.05, 3.63) is 83.2 Å². The summed E-state index contributed by atoms with van der Waals surface area (Å²) in [4.78, 5) is 42.5. The molecule has 1 fully saturated rings. The molecule has 1 saturated carbocycles. The highest BCUT2D eigenvalue weighted by molar-refractivity contribution is 5.85. The van der Waals surface area contributed by atoms with Crippen LogP contribution in [0.1, 0.15) is 79.7 Å². The molecule has 2 aromatic carbocycles. The molecule has 3 aromatic rings. The van der Waals surface area contributed by atoms with Crippen molar-refractivity contribution < 1.29 is 29.0 Å². The van der Waals surface area contributed by atoms with Crippen LogP contribution in [0.2, 0.25) is 0 Å². The molecule has 0 bridgehead atoms. The largest absolute Gasteiger partial charge is 0.477 e. The van der Waals surface area contributed by atoms with Gasteiger partial charge in [-0.25, -0.2) is 14.4 Å². The van der Waals surface area contributed by atoms with Gasteiger partial charge in [0.25, 0.3) is 0 Å². The van der Waals surface area contributed by atoms with E-state index in [1.807, 2.05) is 24.3 Å². The lowest BCUT2D eigenvalue weighted by Gasteiger charge is -2.39. The zero-order chi connectivity index (χ0) is 29.1. The van der Waals surface area contributed by atoms with E-state index in [0.717, 1.165) is 35.1 Å². The van der Waals surface area contributed by atoms with Gasteiger partial charge >= 0.3 is 18.2 Å². The van der Waals surface area contributed by atoms with Gasteiger partial charge in [0.15, 0.2) is 0 Å². The molecule has 41 heavy (non-hydrogen) atoms. The van der Waals surface area contributed by atoms with Gasteiger partial charge in [-0.1, -0.05) is 61.4 Å². The highest BCUT2D eigenvalue weighted by Crippen LogP contribution is 2.44. The first-order chi connectivity index (χ1) is 19.6. The van der Waals surface area contributed by atoms with Crippen LogP contribution in [0.15, 0.2) is 60.7 Å². The number of carbonyl (C=O) groups excluding carboxylic acids is 2. The molecule has 2 amide bonds. The molecular weight excluding hydrogens is 522 g/mol. The van der Waals surface area contributed by atoms with Crippen molar-refractivity contribution in [1.82, 2.24) is 15.2 Å². The fourth-order valence-corrected chi connectivity index (χ4v) is 5.95. The number of aromatic nitrogens is 1. The summed E-state index contributed by atoms with van der Waals surface area (Å²) in [6, 6.07) is 18.7. The number of amides is 2. The van der Waals surface area contributed by atoms with E-state index in [2.05, 4.69) is 34.6 Å². The van der Waals surface area contributed by atoms with Crippen LogP contribution in [0.4, 0.5) is 9.59 Å². The van der Waals surface area contributed by atoms with Gasteiger partial charge in [0, 0.05) is 11.6 Å². The van der Waals surface area contributed by atoms with Crippen molar-refractivity contribution in [1.29, 1.82) is 0 Å². The maximum Gasteiger partial charge on any atom is 0.410 e. The molecule has 9 nitrogen and oxygen atoms in total. The first-order valence-corrected chi connectivity index (χ1v) is 14.1. The average Bonchev–Trinajstić information content (AvgIpc) is 3.53. The molecular formula is C32H37N3O6. The SMILES string of the molecule is CC(C)(C)OC(=O)N[C@@H]1CCCC[C@H]1N(Cc1ccc(C(=O)O)[nH]1)C(=O)OCC1c2ccccc2-c2ccccc21. The minimum absolute atomic E-state index is 0.0413. The second-order valence-electron chi connectivity index (χ2n) is 11.7. The summed E-state index contributed by atoms with van der Waals surface area (Å²) in [6.07, 6.45) is 2.09. The summed E-state index contributed by atoms with van der Waals surface area (Å²) in [5.41, 5.74) is 4.47. The van der Waals surface area contributed by atoms with Gasteiger partial charge in [-0.3, -0.25) is 4.90 Å². The Morgan fingerprint density at radius 1 is 0.951 bits per heavy atom. The minimum Gasteiger partial charge on any atom is -0.477 e. The lowest BCUT2D eigenvalue weighted by Crippen LogP contribution is -2.55. The Bertz CT molecular complexity index is 1380. The van der Waals surface area contributed by atoms with Crippen molar-refractivity contribution in [2.75, 3.05) is 6.61 Å². The number of aromatic carboxylic acids is 1. The number of hydrogen-bond donors (Lipinski definition) is 3. The summed E-state index contributed by atoms with van der Waals surface area (Å²) >= 11 is 0. The van der Waals surface area contributed by atoms with Gasteiger partial charge in [0.1, 0.15) is 17.9 Å². The third-order valence-electron chi connectivity index (χ3n) is 7.72. The Kier molecular flexibility index (Phi) is 8.06. The first kappa shape index (κ1) is 28.3. The number of carboxylic acids is 1. The van der Waals surface area contributed by atoms with Crippen molar-refractivity contribution in [3.8, 4) is 11.1 Å². The van der Waals surface area contributed by atoms with Crippen molar-refractivity contribution in [2.24, 2.45) is 0 Å². The van der Waals surface area contributed by atoms with Crippen LogP contribution in [0.3, 0.4) is 0 Å². The normalized spacial score (nSPS) is 18.2. The third-order valence-corrected chi connectivity index (χ3v) is 7.72. The molecule has 0 radical (unpaired) electrons. The smallest absolute Gasteiger partial charge is 0.410 e. The maximum absolute atomic E-state index is 13.9. The molecule has 2 aliphatic carbocycles. The monoisotopic (exact) mass is 559 g/mol. The number of aromatic amines is 1.